The second kappa shape index (κ2) is 9.65. The molecule has 4 rings (SSSR count). The molecule has 0 bridgehead atoms. The second-order valence-corrected chi connectivity index (χ2v) is 8.96. The van der Waals surface area contributed by atoms with Crippen LogP contribution in [0.1, 0.15) is 65.7 Å². The minimum absolute atomic E-state index is 0.156. The van der Waals surface area contributed by atoms with Gasteiger partial charge in [-0.15, -0.1) is 10.2 Å². The van der Waals surface area contributed by atoms with Crippen LogP contribution in [0.15, 0.2) is 10.6 Å². The SMILES string of the molecule is COCCc1nnc(NC(=O)c2cc(C3CCN(C(=O)C4CCCC4)CC3)no2)s1. The van der Waals surface area contributed by atoms with Gasteiger partial charge in [-0.05, 0) is 25.7 Å². The zero-order valence-electron chi connectivity index (χ0n) is 17.1. The number of carbonyl (C=O) groups excluding carboxylic acids is 2. The molecule has 2 aliphatic rings. The molecule has 2 aromatic heterocycles. The van der Waals surface area contributed by atoms with Gasteiger partial charge in [0.15, 0.2) is 0 Å². The molecule has 10 heteroatoms. The fraction of sp³-hybridized carbons (Fsp3) is 0.650. The summed E-state index contributed by atoms with van der Waals surface area (Å²) in [6, 6.07) is 1.70. The van der Waals surface area contributed by atoms with Crippen LogP contribution in [-0.4, -0.2) is 58.9 Å². The molecule has 0 radical (unpaired) electrons. The maximum atomic E-state index is 12.6. The zero-order chi connectivity index (χ0) is 20.9. The van der Waals surface area contributed by atoms with E-state index in [1.54, 1.807) is 13.2 Å². The van der Waals surface area contributed by atoms with Crippen LogP contribution in [0.3, 0.4) is 0 Å². The Morgan fingerprint density at radius 2 is 2.00 bits per heavy atom. The van der Waals surface area contributed by atoms with Gasteiger partial charge in [0.1, 0.15) is 5.01 Å². The molecule has 0 atom stereocenters. The molecule has 1 saturated carbocycles. The summed E-state index contributed by atoms with van der Waals surface area (Å²) in [4.78, 5) is 27.0. The first-order valence-corrected chi connectivity index (χ1v) is 11.3. The summed E-state index contributed by atoms with van der Waals surface area (Å²) < 4.78 is 10.3. The van der Waals surface area contributed by atoms with E-state index in [0.717, 1.165) is 49.5 Å². The molecule has 1 saturated heterocycles. The number of ether oxygens (including phenoxy) is 1. The monoisotopic (exact) mass is 433 g/mol. The number of carbonyl (C=O) groups is 2. The lowest BCUT2D eigenvalue weighted by Gasteiger charge is -2.32. The van der Waals surface area contributed by atoms with Crippen LogP contribution in [0.2, 0.25) is 0 Å². The average Bonchev–Trinajstić information content (AvgIpc) is 3.54. The van der Waals surface area contributed by atoms with Crippen LogP contribution in [0, 0.1) is 5.92 Å². The van der Waals surface area contributed by atoms with Gasteiger partial charge < -0.3 is 14.2 Å². The lowest BCUT2D eigenvalue weighted by molar-refractivity contribution is -0.136. The Balaban J connectivity index is 1.29. The van der Waals surface area contributed by atoms with E-state index in [2.05, 4.69) is 20.7 Å². The smallest absolute Gasteiger partial charge is 0.296 e. The first kappa shape index (κ1) is 20.9. The number of hydrogen-bond acceptors (Lipinski definition) is 8. The molecule has 30 heavy (non-hydrogen) atoms. The first-order valence-electron chi connectivity index (χ1n) is 10.5. The molecule has 1 N–H and O–H groups in total. The molecule has 2 amide bonds. The largest absolute Gasteiger partial charge is 0.384 e. The van der Waals surface area contributed by atoms with Gasteiger partial charge in [0.05, 0.1) is 12.3 Å². The average molecular weight is 434 g/mol. The lowest BCUT2D eigenvalue weighted by atomic mass is 9.92. The molecule has 9 nitrogen and oxygen atoms in total. The molecular formula is C20H27N5O4S. The van der Waals surface area contributed by atoms with Crippen LogP contribution < -0.4 is 5.32 Å². The Bertz CT molecular complexity index is 868. The van der Waals surface area contributed by atoms with E-state index in [1.165, 1.54) is 24.2 Å². The second-order valence-electron chi connectivity index (χ2n) is 7.89. The molecule has 1 aliphatic carbocycles. The Morgan fingerprint density at radius 3 is 2.73 bits per heavy atom. The number of nitrogens with zero attached hydrogens (tertiary/aromatic N) is 4. The summed E-state index contributed by atoms with van der Waals surface area (Å²) in [6.45, 7) is 2.03. The van der Waals surface area contributed by atoms with Gasteiger partial charge in [-0.1, -0.05) is 29.3 Å². The van der Waals surface area contributed by atoms with E-state index in [-0.39, 0.29) is 17.6 Å². The number of methoxy groups -OCH3 is 1. The van der Waals surface area contributed by atoms with Crippen LogP contribution in [0.4, 0.5) is 5.13 Å². The Kier molecular flexibility index (Phi) is 6.73. The summed E-state index contributed by atoms with van der Waals surface area (Å²) in [7, 11) is 1.63. The maximum Gasteiger partial charge on any atom is 0.296 e. The number of hydrogen-bond donors (Lipinski definition) is 1. The third-order valence-electron chi connectivity index (χ3n) is 5.89. The summed E-state index contributed by atoms with van der Waals surface area (Å²) in [5, 5.41) is 16.0. The number of amides is 2. The quantitative estimate of drug-likeness (QED) is 0.715. The van der Waals surface area contributed by atoms with Crippen molar-refractivity contribution in [2.75, 3.05) is 32.1 Å². The van der Waals surface area contributed by atoms with E-state index >= 15 is 0 Å². The predicted molar refractivity (Wildman–Crippen MR) is 110 cm³/mol. The fourth-order valence-electron chi connectivity index (χ4n) is 4.17. The molecule has 1 aliphatic heterocycles. The maximum absolute atomic E-state index is 12.6. The molecule has 2 aromatic rings. The van der Waals surface area contributed by atoms with E-state index in [4.69, 9.17) is 9.26 Å². The van der Waals surface area contributed by atoms with Gasteiger partial charge in [-0.25, -0.2) is 0 Å². The van der Waals surface area contributed by atoms with Crippen molar-refractivity contribution >= 4 is 28.3 Å². The van der Waals surface area contributed by atoms with Crippen molar-refractivity contribution in [1.29, 1.82) is 0 Å². The topological polar surface area (TPSA) is 110 Å². The number of likely N-dealkylation sites (tertiary alicyclic amines) is 1. The predicted octanol–water partition coefficient (Wildman–Crippen LogP) is 2.86. The van der Waals surface area contributed by atoms with Gasteiger partial charge in [0.2, 0.25) is 16.8 Å². The van der Waals surface area contributed by atoms with Crippen LogP contribution in [0.5, 0.6) is 0 Å². The number of piperidine rings is 1. The van der Waals surface area contributed by atoms with Crippen LogP contribution >= 0.6 is 11.3 Å². The van der Waals surface area contributed by atoms with Gasteiger partial charge in [-0.2, -0.15) is 0 Å². The highest BCUT2D eigenvalue weighted by molar-refractivity contribution is 7.15. The van der Waals surface area contributed by atoms with Crippen molar-refractivity contribution in [2.24, 2.45) is 5.92 Å². The van der Waals surface area contributed by atoms with Gasteiger partial charge in [0, 0.05) is 44.5 Å². The lowest BCUT2D eigenvalue weighted by Crippen LogP contribution is -2.40. The van der Waals surface area contributed by atoms with Gasteiger partial charge in [0.25, 0.3) is 5.91 Å². The minimum Gasteiger partial charge on any atom is -0.384 e. The third-order valence-corrected chi connectivity index (χ3v) is 6.79. The molecule has 162 valence electrons. The number of aromatic nitrogens is 3. The van der Waals surface area contributed by atoms with Crippen molar-refractivity contribution < 1.29 is 18.8 Å². The van der Waals surface area contributed by atoms with Crippen molar-refractivity contribution in [3.63, 3.8) is 0 Å². The normalized spacial score (nSPS) is 18.1. The molecule has 3 heterocycles. The summed E-state index contributed by atoms with van der Waals surface area (Å²) in [5.74, 6) is 0.498. The van der Waals surface area contributed by atoms with Crippen molar-refractivity contribution in [3.05, 3.63) is 22.5 Å². The van der Waals surface area contributed by atoms with Crippen LogP contribution in [-0.2, 0) is 16.0 Å². The Labute approximate surface area is 179 Å². The standard InChI is InChI=1S/C20H27N5O4S/c1-28-11-8-17-22-23-20(30-17)21-18(26)16-12-15(24-29-16)13-6-9-25(10-7-13)19(27)14-4-2-3-5-14/h12-14H,2-11H2,1H3,(H,21,23,26). The zero-order valence-corrected chi connectivity index (χ0v) is 17.9. The fourth-order valence-corrected chi connectivity index (χ4v) is 4.88. The van der Waals surface area contributed by atoms with E-state index < -0.39 is 5.91 Å². The highest BCUT2D eigenvalue weighted by Gasteiger charge is 2.31. The van der Waals surface area contributed by atoms with E-state index in [9.17, 15) is 9.59 Å². The first-order chi connectivity index (χ1) is 14.6. The van der Waals surface area contributed by atoms with Crippen molar-refractivity contribution in [3.8, 4) is 0 Å². The molecule has 2 fully saturated rings. The number of anilines is 1. The summed E-state index contributed by atoms with van der Waals surface area (Å²) >= 11 is 1.31. The summed E-state index contributed by atoms with van der Waals surface area (Å²) in [5.41, 5.74) is 0.770. The van der Waals surface area contributed by atoms with Crippen molar-refractivity contribution in [2.45, 2.75) is 50.9 Å². The van der Waals surface area contributed by atoms with Gasteiger partial charge in [-0.3, -0.25) is 14.9 Å². The van der Waals surface area contributed by atoms with Crippen LogP contribution in [0.25, 0.3) is 0 Å². The van der Waals surface area contributed by atoms with E-state index in [1.807, 2.05) is 4.90 Å². The molecule has 0 aromatic carbocycles. The Hall–Kier alpha value is -2.33. The molecule has 0 unspecified atom stereocenters. The minimum atomic E-state index is -0.392. The third kappa shape index (κ3) is 4.86. The number of rotatable bonds is 7. The highest BCUT2D eigenvalue weighted by Crippen LogP contribution is 2.31. The molecule has 0 spiro atoms. The number of nitrogens with one attached hydrogen (secondary N) is 1. The Morgan fingerprint density at radius 1 is 1.23 bits per heavy atom. The van der Waals surface area contributed by atoms with Crippen molar-refractivity contribution in [1.82, 2.24) is 20.3 Å². The van der Waals surface area contributed by atoms with E-state index in [0.29, 0.717) is 24.1 Å². The molecular weight excluding hydrogens is 406 g/mol. The highest BCUT2D eigenvalue weighted by atomic mass is 32.1. The van der Waals surface area contributed by atoms with Gasteiger partial charge >= 0.3 is 0 Å². The summed E-state index contributed by atoms with van der Waals surface area (Å²) in [6.07, 6.45) is 6.73.